The van der Waals surface area contributed by atoms with Crippen molar-refractivity contribution in [1.29, 1.82) is 0 Å². The van der Waals surface area contributed by atoms with Gasteiger partial charge in [-0.25, -0.2) is 0 Å². The molecule has 4 rings (SSSR count). The SMILES string of the molecule is O=C(Cc1cccnc1)NC(c1ccc2c(c1)CCO2)c1cc(Cl)ccc1Cl. The summed E-state index contributed by atoms with van der Waals surface area (Å²) in [5, 5.41) is 4.22. The normalized spacial score (nSPS) is 13.5. The maximum absolute atomic E-state index is 12.8. The van der Waals surface area contributed by atoms with E-state index in [4.69, 9.17) is 27.9 Å². The Balaban J connectivity index is 1.67. The molecule has 28 heavy (non-hydrogen) atoms. The van der Waals surface area contributed by atoms with Gasteiger partial charge in [0.15, 0.2) is 0 Å². The quantitative estimate of drug-likeness (QED) is 0.656. The Kier molecular flexibility index (Phi) is 5.51. The van der Waals surface area contributed by atoms with Crippen LogP contribution in [0.4, 0.5) is 0 Å². The first-order valence-electron chi connectivity index (χ1n) is 8.99. The van der Waals surface area contributed by atoms with Gasteiger partial charge in [0.05, 0.1) is 19.1 Å². The molecule has 6 heteroatoms. The number of halogens is 2. The molecule has 0 fully saturated rings. The number of rotatable bonds is 5. The Labute approximate surface area is 173 Å². The predicted molar refractivity (Wildman–Crippen MR) is 110 cm³/mol. The van der Waals surface area contributed by atoms with Crippen LogP contribution >= 0.6 is 23.2 Å². The fraction of sp³-hybridized carbons (Fsp3) is 0.182. The summed E-state index contributed by atoms with van der Waals surface area (Å²) in [6, 6.07) is 14.5. The Morgan fingerprint density at radius 1 is 1.18 bits per heavy atom. The van der Waals surface area contributed by atoms with Gasteiger partial charge in [-0.1, -0.05) is 35.3 Å². The van der Waals surface area contributed by atoms with Gasteiger partial charge in [-0.05, 0) is 58.7 Å². The van der Waals surface area contributed by atoms with Crippen LogP contribution in [-0.4, -0.2) is 17.5 Å². The van der Waals surface area contributed by atoms with Crippen LogP contribution in [0.25, 0.3) is 0 Å². The number of ether oxygens (including phenoxy) is 1. The van der Waals surface area contributed by atoms with Crippen LogP contribution in [-0.2, 0) is 17.6 Å². The van der Waals surface area contributed by atoms with Gasteiger partial charge in [0.1, 0.15) is 5.75 Å². The first-order chi connectivity index (χ1) is 13.6. The summed E-state index contributed by atoms with van der Waals surface area (Å²) in [4.78, 5) is 16.8. The maximum Gasteiger partial charge on any atom is 0.225 e. The minimum atomic E-state index is -0.415. The Hall–Kier alpha value is -2.56. The number of hydrogen-bond acceptors (Lipinski definition) is 3. The molecule has 1 aliphatic heterocycles. The van der Waals surface area contributed by atoms with Crippen molar-refractivity contribution in [3.8, 4) is 5.75 Å². The van der Waals surface area contributed by atoms with Crippen LogP contribution in [0.15, 0.2) is 60.9 Å². The molecule has 0 radical (unpaired) electrons. The topological polar surface area (TPSA) is 51.2 Å². The van der Waals surface area contributed by atoms with Crippen molar-refractivity contribution >= 4 is 29.1 Å². The molecule has 0 bridgehead atoms. The van der Waals surface area contributed by atoms with E-state index in [1.54, 1.807) is 30.6 Å². The van der Waals surface area contributed by atoms with Gasteiger partial charge in [0.25, 0.3) is 0 Å². The molecule has 4 nitrogen and oxygen atoms in total. The second kappa shape index (κ2) is 8.21. The lowest BCUT2D eigenvalue weighted by Gasteiger charge is -2.22. The number of amides is 1. The molecular formula is C22H18Cl2N2O2. The number of carbonyl (C=O) groups excluding carboxylic acids is 1. The lowest BCUT2D eigenvalue weighted by atomic mass is 9.96. The summed E-state index contributed by atoms with van der Waals surface area (Å²) in [5.74, 6) is 0.771. The van der Waals surface area contributed by atoms with Gasteiger partial charge in [0, 0.05) is 28.9 Å². The molecule has 3 aromatic rings. The number of hydrogen-bond donors (Lipinski definition) is 1. The Morgan fingerprint density at radius 2 is 2.07 bits per heavy atom. The summed E-state index contributed by atoms with van der Waals surface area (Å²) in [7, 11) is 0. The third-order valence-corrected chi connectivity index (χ3v) is 5.29. The first kappa shape index (κ1) is 18.8. The molecule has 1 atom stereocenters. The van der Waals surface area contributed by atoms with Crippen molar-refractivity contribution < 1.29 is 9.53 Å². The van der Waals surface area contributed by atoms with Crippen LogP contribution in [0.2, 0.25) is 10.0 Å². The fourth-order valence-electron chi connectivity index (χ4n) is 3.36. The van der Waals surface area contributed by atoms with E-state index in [-0.39, 0.29) is 12.3 Å². The third-order valence-electron chi connectivity index (χ3n) is 4.71. The van der Waals surface area contributed by atoms with Crippen LogP contribution in [0, 0.1) is 0 Å². The van der Waals surface area contributed by atoms with Crippen molar-refractivity contribution in [2.45, 2.75) is 18.9 Å². The van der Waals surface area contributed by atoms with Crippen LogP contribution in [0.5, 0.6) is 5.75 Å². The molecule has 1 aromatic heterocycles. The number of pyridine rings is 1. The standard InChI is InChI=1S/C22H18Cl2N2O2/c23-17-4-5-19(24)18(12-17)22(16-3-6-20-15(11-16)7-9-28-20)26-21(27)10-14-2-1-8-25-13-14/h1-6,8,11-13,22H,7,9-10H2,(H,26,27). The van der Waals surface area contributed by atoms with Gasteiger partial charge in [0.2, 0.25) is 5.91 Å². The van der Waals surface area contributed by atoms with Gasteiger partial charge >= 0.3 is 0 Å². The lowest BCUT2D eigenvalue weighted by molar-refractivity contribution is -0.120. The third kappa shape index (κ3) is 4.13. The van der Waals surface area contributed by atoms with E-state index >= 15 is 0 Å². The molecule has 0 saturated heterocycles. The zero-order valence-corrected chi connectivity index (χ0v) is 16.5. The summed E-state index contributed by atoms with van der Waals surface area (Å²) >= 11 is 12.7. The van der Waals surface area contributed by atoms with Crippen molar-refractivity contribution in [2.24, 2.45) is 0 Å². The summed E-state index contributed by atoms with van der Waals surface area (Å²) in [6.45, 7) is 0.675. The largest absolute Gasteiger partial charge is 0.493 e. The molecule has 1 N–H and O–H groups in total. The maximum atomic E-state index is 12.8. The number of nitrogens with one attached hydrogen (secondary N) is 1. The van der Waals surface area contributed by atoms with Gasteiger partial charge in [-0.15, -0.1) is 0 Å². The molecule has 2 aromatic carbocycles. The highest BCUT2D eigenvalue weighted by Gasteiger charge is 2.22. The molecule has 1 amide bonds. The molecule has 1 aliphatic rings. The highest BCUT2D eigenvalue weighted by Crippen LogP contribution is 2.34. The fourth-order valence-corrected chi connectivity index (χ4v) is 3.77. The minimum Gasteiger partial charge on any atom is -0.493 e. The smallest absolute Gasteiger partial charge is 0.225 e. The van der Waals surface area contributed by atoms with Crippen LogP contribution in [0.3, 0.4) is 0 Å². The zero-order valence-electron chi connectivity index (χ0n) is 15.0. The van der Waals surface area contributed by atoms with E-state index < -0.39 is 6.04 Å². The number of aromatic nitrogens is 1. The predicted octanol–water partition coefficient (Wildman–Crippen LogP) is 4.77. The highest BCUT2D eigenvalue weighted by atomic mass is 35.5. The number of carbonyl (C=O) groups is 1. The van der Waals surface area contributed by atoms with Crippen molar-refractivity contribution in [2.75, 3.05) is 6.61 Å². The molecule has 142 valence electrons. The number of nitrogens with zero attached hydrogens (tertiary/aromatic N) is 1. The first-order valence-corrected chi connectivity index (χ1v) is 9.74. The van der Waals surface area contributed by atoms with E-state index in [9.17, 15) is 4.79 Å². The molecule has 0 saturated carbocycles. The Bertz CT molecular complexity index is 1010. The van der Waals surface area contributed by atoms with E-state index in [1.165, 1.54) is 0 Å². The van der Waals surface area contributed by atoms with Gasteiger partial charge in [-0.2, -0.15) is 0 Å². The van der Waals surface area contributed by atoms with E-state index in [0.29, 0.717) is 16.7 Å². The second-order valence-corrected chi connectivity index (χ2v) is 7.51. The minimum absolute atomic E-state index is 0.120. The van der Waals surface area contributed by atoms with Gasteiger partial charge < -0.3 is 10.1 Å². The number of fused-ring (bicyclic) bond motifs is 1. The molecule has 1 unspecified atom stereocenters. The summed E-state index contributed by atoms with van der Waals surface area (Å²) in [6.07, 6.45) is 4.45. The average molecular weight is 413 g/mol. The van der Waals surface area contributed by atoms with Crippen LogP contribution < -0.4 is 10.1 Å². The van der Waals surface area contributed by atoms with E-state index in [0.717, 1.165) is 34.4 Å². The zero-order chi connectivity index (χ0) is 19.5. The monoisotopic (exact) mass is 412 g/mol. The Morgan fingerprint density at radius 3 is 2.89 bits per heavy atom. The molecule has 0 spiro atoms. The molecular weight excluding hydrogens is 395 g/mol. The second-order valence-electron chi connectivity index (χ2n) is 6.67. The average Bonchev–Trinajstić information content (AvgIpc) is 3.17. The van der Waals surface area contributed by atoms with Crippen molar-refractivity contribution in [1.82, 2.24) is 10.3 Å². The lowest BCUT2D eigenvalue weighted by Crippen LogP contribution is -2.31. The molecule has 0 aliphatic carbocycles. The van der Waals surface area contributed by atoms with Gasteiger partial charge in [-0.3, -0.25) is 9.78 Å². The van der Waals surface area contributed by atoms with Crippen molar-refractivity contribution in [3.63, 3.8) is 0 Å². The van der Waals surface area contributed by atoms with Crippen LogP contribution in [0.1, 0.15) is 28.3 Å². The van der Waals surface area contributed by atoms with E-state index in [2.05, 4.69) is 16.4 Å². The van der Waals surface area contributed by atoms with Crippen molar-refractivity contribution in [3.05, 3.63) is 93.2 Å². The highest BCUT2D eigenvalue weighted by molar-refractivity contribution is 6.33. The van der Waals surface area contributed by atoms with E-state index in [1.807, 2.05) is 24.3 Å². The summed E-state index contributed by atoms with van der Waals surface area (Å²) < 4.78 is 5.60. The summed E-state index contributed by atoms with van der Waals surface area (Å²) in [5.41, 5.74) is 3.67. The number of benzene rings is 2. The molecule has 2 heterocycles.